The Morgan fingerprint density at radius 1 is 0.946 bits per heavy atom. The lowest BCUT2D eigenvalue weighted by Gasteiger charge is -2.24. The summed E-state index contributed by atoms with van der Waals surface area (Å²) in [4.78, 5) is 23.3. The number of nitro benzene ring substituents is 1. The first kappa shape index (κ1) is 25.6. The second-order valence-corrected chi connectivity index (χ2v) is 8.76. The van der Waals surface area contributed by atoms with Crippen molar-refractivity contribution in [2.45, 2.75) is 25.3 Å². The van der Waals surface area contributed by atoms with Crippen molar-refractivity contribution < 1.29 is 14.1 Å². The van der Waals surface area contributed by atoms with Gasteiger partial charge in [0.2, 0.25) is 0 Å². The second-order valence-electron chi connectivity index (χ2n) is 8.76. The van der Waals surface area contributed by atoms with Crippen molar-refractivity contribution in [2.75, 3.05) is 11.9 Å². The Balaban J connectivity index is 1.47. The highest BCUT2D eigenvalue weighted by Gasteiger charge is 2.23. The number of furan rings is 1. The lowest BCUT2D eigenvalue weighted by atomic mass is 9.88. The maximum absolute atomic E-state index is 12.6. The molecule has 1 aromatic heterocycles. The minimum absolute atomic E-state index is 0.0218. The number of non-ortho nitro benzene ring substituents is 1. The predicted octanol–water partition coefficient (Wildman–Crippen LogP) is 6.46. The van der Waals surface area contributed by atoms with E-state index in [4.69, 9.17) is 4.42 Å². The van der Waals surface area contributed by atoms with E-state index in [2.05, 4.69) is 29.7 Å². The van der Waals surface area contributed by atoms with Crippen LogP contribution in [0.4, 0.5) is 11.4 Å². The molecule has 0 saturated carbocycles. The highest BCUT2D eigenvalue weighted by molar-refractivity contribution is 6.02. The lowest BCUT2D eigenvalue weighted by molar-refractivity contribution is -0.384. The molecule has 0 saturated heterocycles. The van der Waals surface area contributed by atoms with Crippen molar-refractivity contribution in [3.8, 4) is 0 Å². The van der Waals surface area contributed by atoms with Crippen LogP contribution >= 0.6 is 0 Å². The molecule has 0 aliphatic carbocycles. The second kappa shape index (κ2) is 12.5. The lowest BCUT2D eigenvalue weighted by Crippen LogP contribution is -2.33. The van der Waals surface area contributed by atoms with Crippen LogP contribution in [0, 0.1) is 10.1 Å². The van der Waals surface area contributed by atoms with Crippen LogP contribution in [0.1, 0.15) is 40.3 Å². The predicted molar refractivity (Wildman–Crippen MR) is 146 cm³/mol. The number of rotatable bonds is 11. The molecule has 4 aromatic rings. The van der Waals surface area contributed by atoms with Gasteiger partial charge in [-0.3, -0.25) is 14.9 Å². The van der Waals surface area contributed by atoms with Gasteiger partial charge >= 0.3 is 0 Å². The minimum atomic E-state index is -0.404. The zero-order chi connectivity index (χ0) is 26.0. The van der Waals surface area contributed by atoms with E-state index in [1.54, 1.807) is 24.3 Å². The molecule has 0 aliphatic rings. The van der Waals surface area contributed by atoms with Gasteiger partial charge in [-0.15, -0.1) is 0 Å². The van der Waals surface area contributed by atoms with Crippen LogP contribution in [0.25, 0.3) is 6.08 Å². The molecule has 7 nitrogen and oxygen atoms in total. The molecule has 1 amide bonds. The molecule has 37 heavy (non-hydrogen) atoms. The van der Waals surface area contributed by atoms with E-state index in [0.29, 0.717) is 24.4 Å². The van der Waals surface area contributed by atoms with Crippen molar-refractivity contribution in [3.63, 3.8) is 0 Å². The van der Waals surface area contributed by atoms with Crippen LogP contribution in [-0.2, 0) is 6.42 Å². The van der Waals surface area contributed by atoms with Crippen LogP contribution in [0.3, 0.4) is 0 Å². The zero-order valence-corrected chi connectivity index (χ0v) is 20.5. The molecule has 3 aromatic carbocycles. The number of benzene rings is 3. The minimum Gasteiger partial charge on any atom is -0.456 e. The molecule has 2 atom stereocenters. The fraction of sp³-hybridized carbons (Fsp3) is 0.167. The number of carbonyl (C=O) groups excluding carboxylic acids is 1. The zero-order valence-electron chi connectivity index (χ0n) is 20.5. The Labute approximate surface area is 216 Å². The standard InChI is InChI=1S/C30H29N3O4/c1-22(31-20-8-11-23-9-4-2-5-10-23)28(24-14-16-26(17-15-24)33(35)36)21-27-18-19-29(37-27)30(34)32-25-12-6-3-7-13-25/h2-19,22,28,31H,20-21H2,1H3,(H,32,34)/t22-,28+/m0/s1. The number of carbonyl (C=O) groups is 1. The Kier molecular flexibility index (Phi) is 8.62. The number of nitrogens with one attached hydrogen (secondary N) is 2. The Bertz CT molecular complexity index is 1330. The first-order valence-electron chi connectivity index (χ1n) is 12.1. The number of nitro groups is 1. The number of para-hydroxylation sites is 1. The summed E-state index contributed by atoms with van der Waals surface area (Å²) < 4.78 is 5.90. The van der Waals surface area contributed by atoms with E-state index in [1.807, 2.05) is 60.7 Å². The van der Waals surface area contributed by atoms with Crippen LogP contribution in [0.15, 0.2) is 108 Å². The van der Waals surface area contributed by atoms with Crippen molar-refractivity contribution in [1.29, 1.82) is 0 Å². The monoisotopic (exact) mass is 495 g/mol. The third-order valence-corrected chi connectivity index (χ3v) is 6.14. The van der Waals surface area contributed by atoms with E-state index >= 15 is 0 Å². The van der Waals surface area contributed by atoms with E-state index in [9.17, 15) is 14.9 Å². The first-order chi connectivity index (χ1) is 18.0. The van der Waals surface area contributed by atoms with Gasteiger partial charge < -0.3 is 15.1 Å². The highest BCUT2D eigenvalue weighted by Crippen LogP contribution is 2.27. The van der Waals surface area contributed by atoms with Gasteiger partial charge in [-0.2, -0.15) is 0 Å². The fourth-order valence-electron chi connectivity index (χ4n) is 4.12. The first-order valence-corrected chi connectivity index (χ1v) is 12.1. The summed E-state index contributed by atoms with van der Waals surface area (Å²) in [6.07, 6.45) is 4.65. The molecule has 1 heterocycles. The molecule has 0 bridgehead atoms. The molecule has 188 valence electrons. The van der Waals surface area contributed by atoms with Crippen LogP contribution in [0.2, 0.25) is 0 Å². The molecule has 2 N–H and O–H groups in total. The van der Waals surface area contributed by atoms with Crippen LogP contribution in [-0.4, -0.2) is 23.4 Å². The molecular weight excluding hydrogens is 466 g/mol. The maximum Gasteiger partial charge on any atom is 0.291 e. The topological polar surface area (TPSA) is 97.4 Å². The number of hydrogen-bond acceptors (Lipinski definition) is 5. The molecular formula is C30H29N3O4. The van der Waals surface area contributed by atoms with Crippen molar-refractivity contribution in [2.24, 2.45) is 0 Å². The highest BCUT2D eigenvalue weighted by atomic mass is 16.6. The average molecular weight is 496 g/mol. The van der Waals surface area contributed by atoms with Gasteiger partial charge in [-0.05, 0) is 42.3 Å². The van der Waals surface area contributed by atoms with Crippen molar-refractivity contribution >= 4 is 23.4 Å². The Morgan fingerprint density at radius 3 is 2.30 bits per heavy atom. The fourth-order valence-corrected chi connectivity index (χ4v) is 4.12. The van der Waals surface area contributed by atoms with E-state index in [0.717, 1.165) is 11.1 Å². The van der Waals surface area contributed by atoms with E-state index in [-0.39, 0.29) is 29.3 Å². The van der Waals surface area contributed by atoms with Crippen LogP contribution < -0.4 is 10.6 Å². The van der Waals surface area contributed by atoms with E-state index in [1.165, 1.54) is 12.1 Å². The molecule has 0 spiro atoms. The summed E-state index contributed by atoms with van der Waals surface area (Å²) in [5, 5.41) is 17.5. The SMILES string of the molecule is C[C@H](NCC=Cc1ccccc1)[C@@H](Cc1ccc(C(=O)Nc2ccccc2)o1)c1ccc([N+](=O)[O-])cc1. The summed E-state index contributed by atoms with van der Waals surface area (Å²) in [6.45, 7) is 2.73. The van der Waals surface area contributed by atoms with Gasteiger partial charge in [0, 0.05) is 42.7 Å². The molecule has 7 heteroatoms. The summed E-state index contributed by atoms with van der Waals surface area (Å²) in [5.74, 6) is 0.534. The van der Waals surface area contributed by atoms with Gasteiger partial charge in [0.15, 0.2) is 5.76 Å². The largest absolute Gasteiger partial charge is 0.456 e. The molecule has 4 rings (SSSR count). The average Bonchev–Trinajstić information content (AvgIpc) is 3.40. The van der Waals surface area contributed by atoms with Gasteiger partial charge in [0.1, 0.15) is 5.76 Å². The number of amides is 1. The molecule has 0 unspecified atom stereocenters. The van der Waals surface area contributed by atoms with Gasteiger partial charge in [-0.1, -0.05) is 72.8 Å². The summed E-state index contributed by atoms with van der Waals surface area (Å²) in [5.41, 5.74) is 2.81. The van der Waals surface area contributed by atoms with Gasteiger partial charge in [0.25, 0.3) is 11.6 Å². The van der Waals surface area contributed by atoms with Crippen molar-refractivity contribution in [3.05, 3.63) is 136 Å². The molecule has 0 aliphatic heterocycles. The summed E-state index contributed by atoms with van der Waals surface area (Å²) in [6, 6.07) is 29.4. The molecule has 0 fully saturated rings. The summed E-state index contributed by atoms with van der Waals surface area (Å²) >= 11 is 0. The molecule has 0 radical (unpaired) electrons. The normalized spacial score (nSPS) is 12.8. The van der Waals surface area contributed by atoms with Crippen molar-refractivity contribution in [1.82, 2.24) is 5.32 Å². The summed E-state index contributed by atoms with van der Waals surface area (Å²) in [7, 11) is 0. The van der Waals surface area contributed by atoms with E-state index < -0.39 is 4.92 Å². The van der Waals surface area contributed by atoms with Crippen LogP contribution in [0.5, 0.6) is 0 Å². The quantitative estimate of drug-likeness (QED) is 0.184. The van der Waals surface area contributed by atoms with Gasteiger partial charge in [-0.25, -0.2) is 0 Å². The third-order valence-electron chi connectivity index (χ3n) is 6.14. The number of hydrogen-bond donors (Lipinski definition) is 2. The maximum atomic E-state index is 12.6. The third kappa shape index (κ3) is 7.25. The smallest absolute Gasteiger partial charge is 0.291 e. The van der Waals surface area contributed by atoms with Gasteiger partial charge in [0.05, 0.1) is 4.92 Å². The number of nitrogens with zero attached hydrogens (tertiary/aromatic N) is 1. The number of anilines is 1. The Morgan fingerprint density at radius 2 is 1.62 bits per heavy atom. The Hall–Kier alpha value is -4.49.